The second kappa shape index (κ2) is 8.80. The lowest BCUT2D eigenvalue weighted by Gasteiger charge is -2.23. The van der Waals surface area contributed by atoms with Gasteiger partial charge >= 0.3 is 11.9 Å². The summed E-state index contributed by atoms with van der Waals surface area (Å²) in [6.07, 6.45) is -1.77. The van der Waals surface area contributed by atoms with E-state index in [9.17, 15) is 24.3 Å². The van der Waals surface area contributed by atoms with E-state index >= 15 is 0 Å². The summed E-state index contributed by atoms with van der Waals surface area (Å²) in [4.78, 5) is 46.5. The topological polar surface area (TPSA) is 145 Å². The van der Waals surface area contributed by atoms with Crippen molar-refractivity contribution in [2.75, 3.05) is 0 Å². The standard InChI is InChI=1S/C16H26N2O7/c1-7(2)5-9(17-14(20)11-12(25-11)16(23)24)13(19)18-10(15(21)22)6-8(3)4/h7-12H,5-6H2,1-4H3,(H,17,20)(H,18,19)(H,21,22)(H,23,24)/t9-,10-,11-,12-/m0/s1. The predicted molar refractivity (Wildman–Crippen MR) is 86.7 cm³/mol. The molecule has 9 heteroatoms. The molecule has 1 aliphatic rings. The molecule has 1 saturated heterocycles. The van der Waals surface area contributed by atoms with E-state index in [1.54, 1.807) is 0 Å². The van der Waals surface area contributed by atoms with Gasteiger partial charge in [0, 0.05) is 0 Å². The number of hydrogen-bond acceptors (Lipinski definition) is 5. The van der Waals surface area contributed by atoms with Crippen LogP contribution in [0.5, 0.6) is 0 Å². The van der Waals surface area contributed by atoms with Gasteiger partial charge in [-0.05, 0) is 24.7 Å². The predicted octanol–water partition coefficient (Wildman–Crippen LogP) is -0.0152. The van der Waals surface area contributed by atoms with Crippen LogP contribution in [-0.4, -0.2) is 58.3 Å². The van der Waals surface area contributed by atoms with E-state index in [0.717, 1.165) is 0 Å². The Morgan fingerprint density at radius 2 is 1.40 bits per heavy atom. The molecule has 1 aliphatic heterocycles. The van der Waals surface area contributed by atoms with E-state index in [4.69, 9.17) is 9.84 Å². The third kappa shape index (κ3) is 6.69. The lowest BCUT2D eigenvalue weighted by Crippen LogP contribution is -2.53. The number of carbonyl (C=O) groups is 4. The van der Waals surface area contributed by atoms with E-state index in [-0.39, 0.29) is 24.7 Å². The molecule has 0 spiro atoms. The van der Waals surface area contributed by atoms with Crippen molar-refractivity contribution in [3.05, 3.63) is 0 Å². The molecule has 0 unspecified atom stereocenters. The lowest BCUT2D eigenvalue weighted by atomic mass is 10.0. The number of aliphatic carboxylic acids is 2. The quantitative estimate of drug-likeness (QED) is 0.402. The van der Waals surface area contributed by atoms with Gasteiger partial charge in [-0.3, -0.25) is 9.59 Å². The molecule has 0 aromatic heterocycles. The smallest absolute Gasteiger partial charge is 0.336 e. The van der Waals surface area contributed by atoms with Crippen LogP contribution in [0, 0.1) is 11.8 Å². The average Bonchev–Trinajstić information content (AvgIpc) is 3.25. The molecular weight excluding hydrogens is 332 g/mol. The van der Waals surface area contributed by atoms with E-state index in [0.29, 0.717) is 0 Å². The van der Waals surface area contributed by atoms with Gasteiger partial charge in [0.2, 0.25) is 5.91 Å². The summed E-state index contributed by atoms with van der Waals surface area (Å²) >= 11 is 0. The Hall–Kier alpha value is -2.16. The summed E-state index contributed by atoms with van der Waals surface area (Å²) in [6.45, 7) is 7.38. The zero-order valence-corrected chi connectivity index (χ0v) is 14.8. The maximum Gasteiger partial charge on any atom is 0.336 e. The Kier molecular flexibility index (Phi) is 7.35. The van der Waals surface area contributed by atoms with Gasteiger partial charge in [-0.2, -0.15) is 0 Å². The normalized spacial score (nSPS) is 21.5. The third-order valence-corrected chi connectivity index (χ3v) is 3.66. The summed E-state index contributed by atoms with van der Waals surface area (Å²) in [5, 5.41) is 22.9. The molecule has 0 saturated carbocycles. The zero-order chi connectivity index (χ0) is 19.3. The Bertz CT molecular complexity index is 533. The average molecular weight is 358 g/mol. The molecule has 0 aromatic carbocycles. The molecule has 1 fully saturated rings. The molecule has 4 atom stereocenters. The van der Waals surface area contributed by atoms with Gasteiger partial charge in [0.15, 0.2) is 12.2 Å². The number of carboxylic acid groups (broad SMARTS) is 2. The van der Waals surface area contributed by atoms with Crippen LogP contribution in [0.2, 0.25) is 0 Å². The van der Waals surface area contributed by atoms with Crippen LogP contribution in [0.15, 0.2) is 0 Å². The number of ether oxygens (including phenoxy) is 1. The first-order chi connectivity index (χ1) is 11.5. The first-order valence-corrected chi connectivity index (χ1v) is 8.24. The van der Waals surface area contributed by atoms with Crippen molar-refractivity contribution in [3.8, 4) is 0 Å². The number of nitrogens with one attached hydrogen (secondary N) is 2. The molecular formula is C16H26N2O7. The monoisotopic (exact) mass is 358 g/mol. The van der Waals surface area contributed by atoms with Crippen LogP contribution in [0.3, 0.4) is 0 Å². The van der Waals surface area contributed by atoms with Gasteiger partial charge in [-0.1, -0.05) is 27.7 Å². The number of carbonyl (C=O) groups excluding carboxylic acids is 2. The molecule has 2 amide bonds. The molecule has 9 nitrogen and oxygen atoms in total. The number of hydrogen-bond donors (Lipinski definition) is 4. The van der Waals surface area contributed by atoms with Crippen molar-refractivity contribution in [2.24, 2.45) is 11.8 Å². The van der Waals surface area contributed by atoms with Crippen molar-refractivity contribution in [2.45, 2.75) is 64.8 Å². The van der Waals surface area contributed by atoms with E-state index in [2.05, 4.69) is 10.6 Å². The van der Waals surface area contributed by atoms with Crippen LogP contribution in [0.1, 0.15) is 40.5 Å². The maximum absolute atomic E-state index is 12.4. The fraction of sp³-hybridized carbons (Fsp3) is 0.750. The lowest BCUT2D eigenvalue weighted by molar-refractivity contribution is -0.143. The minimum atomic E-state index is -1.24. The summed E-state index contributed by atoms with van der Waals surface area (Å²) in [6, 6.07) is -2.01. The highest BCUT2D eigenvalue weighted by Gasteiger charge is 2.51. The van der Waals surface area contributed by atoms with Gasteiger partial charge in [-0.15, -0.1) is 0 Å². The first-order valence-electron chi connectivity index (χ1n) is 8.24. The minimum Gasteiger partial charge on any atom is -0.480 e. The summed E-state index contributed by atoms with van der Waals surface area (Å²) in [5.41, 5.74) is 0. The van der Waals surface area contributed by atoms with Crippen LogP contribution in [-0.2, 0) is 23.9 Å². The van der Waals surface area contributed by atoms with Crippen LogP contribution < -0.4 is 10.6 Å². The number of carboxylic acids is 2. The van der Waals surface area contributed by atoms with E-state index in [1.165, 1.54) is 0 Å². The van der Waals surface area contributed by atoms with Gasteiger partial charge in [-0.25, -0.2) is 9.59 Å². The Morgan fingerprint density at radius 3 is 1.80 bits per heavy atom. The minimum absolute atomic E-state index is 0.0554. The molecule has 0 aromatic rings. The molecule has 142 valence electrons. The SMILES string of the molecule is CC(C)C[C@H](NC(=O)[C@H](CC(C)C)NC(=O)[C@H]1O[C@@H]1C(=O)O)C(=O)O. The van der Waals surface area contributed by atoms with Gasteiger partial charge in [0.1, 0.15) is 12.1 Å². The van der Waals surface area contributed by atoms with E-state index in [1.807, 2.05) is 27.7 Å². The van der Waals surface area contributed by atoms with Crippen molar-refractivity contribution in [1.82, 2.24) is 10.6 Å². The molecule has 1 rings (SSSR count). The molecule has 0 bridgehead atoms. The molecule has 0 radical (unpaired) electrons. The second-order valence-corrected chi connectivity index (χ2v) is 7.04. The van der Waals surface area contributed by atoms with Crippen LogP contribution in [0.4, 0.5) is 0 Å². The van der Waals surface area contributed by atoms with E-state index < -0.39 is 48.0 Å². The Balaban J connectivity index is 2.73. The number of amides is 2. The van der Waals surface area contributed by atoms with Gasteiger partial charge < -0.3 is 25.6 Å². The first kappa shape index (κ1) is 20.9. The Labute approximate surface area is 146 Å². The van der Waals surface area contributed by atoms with Crippen molar-refractivity contribution < 1.29 is 34.1 Å². The van der Waals surface area contributed by atoms with Crippen molar-refractivity contribution in [3.63, 3.8) is 0 Å². The molecule has 0 aliphatic carbocycles. The molecule has 1 heterocycles. The maximum atomic E-state index is 12.4. The highest BCUT2D eigenvalue weighted by molar-refractivity contribution is 5.95. The zero-order valence-electron chi connectivity index (χ0n) is 14.8. The fourth-order valence-corrected chi connectivity index (χ4v) is 2.42. The number of rotatable bonds is 10. The molecule has 25 heavy (non-hydrogen) atoms. The summed E-state index contributed by atoms with van der Waals surface area (Å²) in [7, 11) is 0. The summed E-state index contributed by atoms with van der Waals surface area (Å²) < 4.78 is 4.76. The fourth-order valence-electron chi connectivity index (χ4n) is 2.42. The third-order valence-electron chi connectivity index (χ3n) is 3.66. The number of epoxide rings is 1. The molecule has 4 N–H and O–H groups in total. The Morgan fingerprint density at radius 1 is 0.880 bits per heavy atom. The van der Waals surface area contributed by atoms with Gasteiger partial charge in [0.05, 0.1) is 0 Å². The van der Waals surface area contributed by atoms with Crippen molar-refractivity contribution >= 4 is 23.8 Å². The highest BCUT2D eigenvalue weighted by Crippen LogP contribution is 2.22. The van der Waals surface area contributed by atoms with Crippen LogP contribution >= 0.6 is 0 Å². The van der Waals surface area contributed by atoms with Crippen LogP contribution in [0.25, 0.3) is 0 Å². The largest absolute Gasteiger partial charge is 0.480 e. The summed E-state index contributed by atoms with van der Waals surface area (Å²) in [5.74, 6) is -3.57. The highest BCUT2D eigenvalue weighted by atomic mass is 16.6. The van der Waals surface area contributed by atoms with Crippen molar-refractivity contribution in [1.29, 1.82) is 0 Å². The second-order valence-electron chi connectivity index (χ2n) is 7.04. The van der Waals surface area contributed by atoms with Gasteiger partial charge in [0.25, 0.3) is 5.91 Å².